The highest BCUT2D eigenvalue weighted by Gasteiger charge is 2.35. The van der Waals surface area contributed by atoms with Gasteiger partial charge in [0.1, 0.15) is 0 Å². The summed E-state index contributed by atoms with van der Waals surface area (Å²) in [4.78, 5) is 16.5. The molecule has 0 radical (unpaired) electrons. The van der Waals surface area contributed by atoms with Gasteiger partial charge in [-0.1, -0.05) is 28.1 Å². The Morgan fingerprint density at radius 3 is 2.91 bits per heavy atom. The van der Waals surface area contributed by atoms with Crippen molar-refractivity contribution in [3.05, 3.63) is 57.0 Å². The van der Waals surface area contributed by atoms with Crippen LogP contribution in [0.1, 0.15) is 24.1 Å². The molecule has 23 heavy (non-hydrogen) atoms. The second kappa shape index (κ2) is 7.38. The van der Waals surface area contributed by atoms with Crippen molar-refractivity contribution in [3.8, 4) is 0 Å². The predicted octanol–water partition coefficient (Wildman–Crippen LogP) is 3.74. The quantitative estimate of drug-likeness (QED) is 0.806. The summed E-state index contributed by atoms with van der Waals surface area (Å²) in [5, 5.41) is 5.09. The minimum absolute atomic E-state index is 0.111. The maximum atomic E-state index is 12.4. The Hall–Kier alpha value is -1.50. The van der Waals surface area contributed by atoms with E-state index in [9.17, 15) is 4.79 Å². The highest BCUT2D eigenvalue weighted by Crippen LogP contribution is 2.33. The topological polar surface area (TPSA) is 51.2 Å². The van der Waals surface area contributed by atoms with E-state index >= 15 is 0 Å². The zero-order chi connectivity index (χ0) is 16.1. The Labute approximate surface area is 147 Å². The Morgan fingerprint density at radius 1 is 1.39 bits per heavy atom. The molecule has 1 amide bonds. The molecule has 1 aromatic carbocycles. The van der Waals surface area contributed by atoms with E-state index in [1.165, 1.54) is 11.3 Å². The number of rotatable bonds is 4. The first kappa shape index (κ1) is 16.4. The summed E-state index contributed by atoms with van der Waals surface area (Å²) < 4.78 is 6.49. The van der Waals surface area contributed by atoms with Crippen LogP contribution in [-0.2, 0) is 15.1 Å². The van der Waals surface area contributed by atoms with Gasteiger partial charge >= 0.3 is 0 Å². The molecule has 2 aromatic rings. The molecule has 0 unspecified atom stereocenters. The van der Waals surface area contributed by atoms with Crippen molar-refractivity contribution < 1.29 is 9.53 Å². The van der Waals surface area contributed by atoms with Crippen LogP contribution in [0.3, 0.4) is 0 Å². The lowest BCUT2D eigenvalue weighted by molar-refractivity contribution is -0.119. The molecule has 6 heteroatoms. The molecule has 3 rings (SSSR count). The fraction of sp³-hybridized carbons (Fsp3) is 0.294. The Kier molecular flexibility index (Phi) is 5.25. The Morgan fingerprint density at radius 2 is 2.22 bits per heavy atom. The van der Waals surface area contributed by atoms with Gasteiger partial charge in [-0.25, -0.2) is 4.98 Å². The first-order chi connectivity index (χ1) is 11.2. The third kappa shape index (κ3) is 4.07. The number of carbonyl (C=O) groups is 1. The molecule has 1 aliphatic rings. The monoisotopic (exact) mass is 392 g/mol. The summed E-state index contributed by atoms with van der Waals surface area (Å²) in [5.41, 5.74) is 3.27. The summed E-state index contributed by atoms with van der Waals surface area (Å²) in [6.45, 7) is 1.28. The second-order valence-corrected chi connectivity index (χ2v) is 7.08. The minimum Gasteiger partial charge on any atom is -0.381 e. The molecule has 0 saturated carbocycles. The van der Waals surface area contributed by atoms with Crippen LogP contribution in [0.4, 0.5) is 0 Å². The molecule has 120 valence electrons. The second-order valence-electron chi connectivity index (χ2n) is 5.44. The van der Waals surface area contributed by atoms with E-state index in [4.69, 9.17) is 4.74 Å². The molecule has 1 aromatic heterocycles. The number of hydrogen-bond acceptors (Lipinski definition) is 4. The van der Waals surface area contributed by atoms with Gasteiger partial charge in [-0.2, -0.15) is 0 Å². The number of ether oxygens (including phenoxy) is 1. The molecular weight excluding hydrogens is 376 g/mol. The number of amides is 1. The van der Waals surface area contributed by atoms with E-state index in [-0.39, 0.29) is 11.4 Å². The molecule has 0 aliphatic carbocycles. The zero-order valence-corrected chi connectivity index (χ0v) is 14.9. The number of halogens is 1. The first-order valence-electron chi connectivity index (χ1n) is 7.40. The third-order valence-corrected chi connectivity index (χ3v) is 5.04. The SMILES string of the molecule is O=C(/C=C/c1cscn1)NC1(c2cccc(Br)c2)CCOCC1. The van der Waals surface area contributed by atoms with Crippen molar-refractivity contribution in [2.24, 2.45) is 0 Å². The van der Waals surface area contributed by atoms with Crippen LogP contribution in [-0.4, -0.2) is 24.1 Å². The van der Waals surface area contributed by atoms with E-state index in [0.29, 0.717) is 13.2 Å². The summed E-state index contributed by atoms with van der Waals surface area (Å²) >= 11 is 5.02. The number of benzene rings is 1. The van der Waals surface area contributed by atoms with Crippen LogP contribution in [0, 0.1) is 0 Å². The summed E-state index contributed by atoms with van der Waals surface area (Å²) in [6, 6.07) is 8.10. The molecule has 0 atom stereocenters. The van der Waals surface area contributed by atoms with Gasteiger partial charge < -0.3 is 10.1 Å². The number of thiazole rings is 1. The third-order valence-electron chi connectivity index (χ3n) is 3.94. The number of nitrogens with one attached hydrogen (secondary N) is 1. The molecule has 1 fully saturated rings. The molecular formula is C17H17BrN2O2S. The average Bonchev–Trinajstić information content (AvgIpc) is 3.07. The predicted molar refractivity (Wildman–Crippen MR) is 95.2 cm³/mol. The lowest BCUT2D eigenvalue weighted by Gasteiger charge is -2.38. The number of nitrogens with zero attached hydrogens (tertiary/aromatic N) is 1. The van der Waals surface area contributed by atoms with Gasteiger partial charge in [0.2, 0.25) is 5.91 Å². The van der Waals surface area contributed by atoms with Crippen LogP contribution < -0.4 is 5.32 Å². The molecule has 1 aliphatic heterocycles. The van der Waals surface area contributed by atoms with Gasteiger partial charge in [-0.15, -0.1) is 11.3 Å². The summed E-state index contributed by atoms with van der Waals surface area (Å²) in [7, 11) is 0. The van der Waals surface area contributed by atoms with Gasteiger partial charge in [0, 0.05) is 29.1 Å². The van der Waals surface area contributed by atoms with Crippen molar-refractivity contribution in [3.63, 3.8) is 0 Å². The van der Waals surface area contributed by atoms with Gasteiger partial charge in [-0.05, 0) is 36.6 Å². The van der Waals surface area contributed by atoms with Crippen molar-refractivity contribution in [2.75, 3.05) is 13.2 Å². The maximum absolute atomic E-state index is 12.4. The molecule has 0 spiro atoms. The average molecular weight is 393 g/mol. The van der Waals surface area contributed by atoms with Gasteiger partial charge in [0.25, 0.3) is 0 Å². The van der Waals surface area contributed by atoms with Crippen molar-refractivity contribution in [1.82, 2.24) is 10.3 Å². The van der Waals surface area contributed by atoms with E-state index in [1.807, 2.05) is 17.5 Å². The van der Waals surface area contributed by atoms with Crippen LogP contribution in [0.5, 0.6) is 0 Å². The van der Waals surface area contributed by atoms with E-state index < -0.39 is 0 Å². The molecule has 1 N–H and O–H groups in total. The largest absolute Gasteiger partial charge is 0.381 e. The fourth-order valence-electron chi connectivity index (χ4n) is 2.73. The highest BCUT2D eigenvalue weighted by atomic mass is 79.9. The standard InChI is InChI=1S/C17H17BrN2O2S/c18-14-3-1-2-13(10-14)17(6-8-22-9-7-17)20-16(21)5-4-15-11-23-12-19-15/h1-5,10-12H,6-9H2,(H,20,21)/b5-4+. The number of carbonyl (C=O) groups excluding carboxylic acids is 1. The molecule has 4 nitrogen and oxygen atoms in total. The van der Waals surface area contributed by atoms with E-state index in [1.54, 1.807) is 17.7 Å². The molecule has 2 heterocycles. The fourth-order valence-corrected chi connectivity index (χ4v) is 3.66. The minimum atomic E-state index is -0.383. The Balaban J connectivity index is 1.80. The van der Waals surface area contributed by atoms with Crippen LogP contribution in [0.25, 0.3) is 6.08 Å². The highest BCUT2D eigenvalue weighted by molar-refractivity contribution is 9.10. The Bertz CT molecular complexity index is 694. The van der Waals surface area contributed by atoms with Crippen LogP contribution >= 0.6 is 27.3 Å². The molecule has 1 saturated heterocycles. The van der Waals surface area contributed by atoms with Crippen molar-refractivity contribution >= 4 is 39.2 Å². The van der Waals surface area contributed by atoms with Gasteiger partial charge in [-0.3, -0.25) is 4.79 Å². The van der Waals surface area contributed by atoms with E-state index in [2.05, 4.69) is 38.4 Å². The maximum Gasteiger partial charge on any atom is 0.244 e. The van der Waals surface area contributed by atoms with Crippen molar-refractivity contribution in [1.29, 1.82) is 0 Å². The van der Waals surface area contributed by atoms with Crippen LogP contribution in [0.15, 0.2) is 45.7 Å². The van der Waals surface area contributed by atoms with Gasteiger partial charge in [0.15, 0.2) is 0 Å². The normalized spacial score (nSPS) is 17.3. The summed E-state index contributed by atoms with van der Waals surface area (Å²) in [6.07, 6.45) is 4.81. The summed E-state index contributed by atoms with van der Waals surface area (Å²) in [5.74, 6) is -0.111. The lowest BCUT2D eigenvalue weighted by Crippen LogP contribution is -2.49. The molecule has 0 bridgehead atoms. The first-order valence-corrected chi connectivity index (χ1v) is 9.14. The zero-order valence-electron chi connectivity index (χ0n) is 12.5. The number of hydrogen-bond donors (Lipinski definition) is 1. The van der Waals surface area contributed by atoms with Gasteiger partial charge in [0.05, 0.1) is 16.7 Å². The van der Waals surface area contributed by atoms with E-state index in [0.717, 1.165) is 28.6 Å². The number of aromatic nitrogens is 1. The smallest absolute Gasteiger partial charge is 0.244 e. The van der Waals surface area contributed by atoms with Crippen LogP contribution in [0.2, 0.25) is 0 Å². The van der Waals surface area contributed by atoms with Crippen molar-refractivity contribution in [2.45, 2.75) is 18.4 Å². The lowest BCUT2D eigenvalue weighted by atomic mass is 9.82.